The summed E-state index contributed by atoms with van der Waals surface area (Å²) in [5, 5.41) is 6.86. The van der Waals surface area contributed by atoms with Crippen LogP contribution in [0.3, 0.4) is 0 Å². The number of aromatic nitrogens is 2. The number of para-hydroxylation sites is 1. The van der Waals surface area contributed by atoms with Crippen LogP contribution in [0.25, 0.3) is 5.69 Å². The molecule has 6 heteroatoms. The topological polar surface area (TPSA) is 73.2 Å². The van der Waals surface area contributed by atoms with E-state index in [2.05, 4.69) is 10.4 Å². The Morgan fingerprint density at radius 1 is 1.29 bits per heavy atom. The van der Waals surface area contributed by atoms with Gasteiger partial charge in [0.1, 0.15) is 5.69 Å². The summed E-state index contributed by atoms with van der Waals surface area (Å²) in [5.74, 6) is -0.343. The van der Waals surface area contributed by atoms with Crippen molar-refractivity contribution in [2.75, 3.05) is 13.7 Å². The molecule has 1 N–H and O–H groups in total. The molecule has 2 aromatic rings. The maximum absolute atomic E-state index is 12.1. The van der Waals surface area contributed by atoms with Gasteiger partial charge in [-0.1, -0.05) is 18.2 Å². The largest absolute Gasteiger partial charge is 0.383 e. The van der Waals surface area contributed by atoms with E-state index in [9.17, 15) is 9.59 Å². The summed E-state index contributed by atoms with van der Waals surface area (Å²) >= 11 is 0. The Morgan fingerprint density at radius 2 is 2.00 bits per heavy atom. The van der Waals surface area contributed by atoms with Crippen LogP contribution in [0, 0.1) is 0 Å². The van der Waals surface area contributed by atoms with Crippen LogP contribution in [0.2, 0.25) is 0 Å². The van der Waals surface area contributed by atoms with E-state index in [0.29, 0.717) is 12.3 Å². The van der Waals surface area contributed by atoms with Gasteiger partial charge in [-0.15, -0.1) is 0 Å². The van der Waals surface area contributed by atoms with Gasteiger partial charge in [0.2, 0.25) is 0 Å². The van der Waals surface area contributed by atoms with E-state index in [-0.39, 0.29) is 23.2 Å². The number of rotatable bonds is 5. The average Bonchev–Trinajstić information content (AvgIpc) is 2.48. The molecule has 110 valence electrons. The summed E-state index contributed by atoms with van der Waals surface area (Å²) in [4.78, 5) is 23.9. The SMILES string of the molecule is COC[C@@H](C)NC(=O)c1ccc(=O)n(-c2ccccc2)n1. The number of amides is 1. The lowest BCUT2D eigenvalue weighted by Crippen LogP contribution is -2.37. The summed E-state index contributed by atoms with van der Waals surface area (Å²) in [6.07, 6.45) is 0. The molecule has 6 nitrogen and oxygen atoms in total. The van der Waals surface area contributed by atoms with Crippen molar-refractivity contribution in [3.8, 4) is 5.69 Å². The second-order valence-corrected chi connectivity index (χ2v) is 4.63. The number of carbonyl (C=O) groups is 1. The Hall–Kier alpha value is -2.47. The highest BCUT2D eigenvalue weighted by atomic mass is 16.5. The molecular formula is C15H17N3O3. The second kappa shape index (κ2) is 6.81. The third-order valence-corrected chi connectivity index (χ3v) is 2.83. The summed E-state index contributed by atoms with van der Waals surface area (Å²) in [7, 11) is 1.57. The molecule has 0 fully saturated rings. The molecule has 2 rings (SSSR count). The van der Waals surface area contributed by atoms with E-state index >= 15 is 0 Å². The molecule has 21 heavy (non-hydrogen) atoms. The number of nitrogens with one attached hydrogen (secondary N) is 1. The van der Waals surface area contributed by atoms with Crippen molar-refractivity contribution < 1.29 is 9.53 Å². The normalized spacial score (nSPS) is 11.9. The summed E-state index contributed by atoms with van der Waals surface area (Å²) in [5.41, 5.74) is 0.506. The highest BCUT2D eigenvalue weighted by Crippen LogP contribution is 2.03. The monoisotopic (exact) mass is 287 g/mol. The molecule has 0 saturated carbocycles. The van der Waals surface area contributed by atoms with Gasteiger partial charge in [-0.05, 0) is 25.1 Å². The zero-order valence-electron chi connectivity index (χ0n) is 11.9. The molecule has 0 bridgehead atoms. The standard InChI is InChI=1S/C15H17N3O3/c1-11(10-21-2)16-15(20)13-8-9-14(19)18(17-13)12-6-4-3-5-7-12/h3-9,11H,10H2,1-2H3,(H,16,20)/t11-/m1/s1. The van der Waals surface area contributed by atoms with Crippen LogP contribution in [0.15, 0.2) is 47.3 Å². The molecule has 0 unspecified atom stereocenters. The summed E-state index contributed by atoms with van der Waals surface area (Å²) in [6.45, 7) is 2.23. The van der Waals surface area contributed by atoms with Gasteiger partial charge in [0.25, 0.3) is 11.5 Å². The van der Waals surface area contributed by atoms with Crippen molar-refractivity contribution in [2.45, 2.75) is 13.0 Å². The first-order valence-corrected chi connectivity index (χ1v) is 6.57. The first-order chi connectivity index (χ1) is 10.1. The number of hydrogen-bond acceptors (Lipinski definition) is 4. The quantitative estimate of drug-likeness (QED) is 0.890. The van der Waals surface area contributed by atoms with E-state index in [0.717, 1.165) is 0 Å². The first-order valence-electron chi connectivity index (χ1n) is 6.57. The molecule has 0 radical (unpaired) electrons. The van der Waals surface area contributed by atoms with E-state index in [4.69, 9.17) is 4.74 Å². The molecule has 0 aliphatic carbocycles. The lowest BCUT2D eigenvalue weighted by atomic mass is 10.3. The fourth-order valence-electron chi connectivity index (χ4n) is 1.88. The Balaban J connectivity index is 2.27. The Morgan fingerprint density at radius 3 is 2.67 bits per heavy atom. The van der Waals surface area contributed by atoms with Crippen LogP contribution in [0.1, 0.15) is 17.4 Å². The van der Waals surface area contributed by atoms with Crippen LogP contribution in [0.5, 0.6) is 0 Å². The van der Waals surface area contributed by atoms with Crippen LogP contribution >= 0.6 is 0 Å². The van der Waals surface area contributed by atoms with Crippen LogP contribution in [0.4, 0.5) is 0 Å². The fourth-order valence-corrected chi connectivity index (χ4v) is 1.88. The number of methoxy groups -OCH3 is 1. The highest BCUT2D eigenvalue weighted by molar-refractivity contribution is 5.92. The minimum atomic E-state index is -0.343. The number of ether oxygens (including phenoxy) is 1. The molecular weight excluding hydrogens is 270 g/mol. The lowest BCUT2D eigenvalue weighted by Gasteiger charge is -2.12. The van der Waals surface area contributed by atoms with E-state index in [1.54, 1.807) is 31.4 Å². The zero-order chi connectivity index (χ0) is 15.2. The smallest absolute Gasteiger partial charge is 0.272 e. The van der Waals surface area contributed by atoms with Gasteiger partial charge >= 0.3 is 0 Å². The van der Waals surface area contributed by atoms with Crippen LogP contribution in [-0.2, 0) is 4.74 Å². The number of carbonyl (C=O) groups excluding carboxylic acids is 1. The summed E-state index contributed by atoms with van der Waals surface area (Å²) in [6, 6.07) is 11.6. The minimum absolute atomic E-state index is 0.138. The first kappa shape index (κ1) is 14.9. The van der Waals surface area contributed by atoms with Gasteiger partial charge in [-0.25, -0.2) is 0 Å². The Kier molecular flexibility index (Phi) is 4.84. The molecule has 1 aromatic heterocycles. The van der Waals surface area contributed by atoms with E-state index < -0.39 is 0 Å². The van der Waals surface area contributed by atoms with Gasteiger partial charge in [0.05, 0.1) is 12.3 Å². The van der Waals surface area contributed by atoms with Crippen molar-refractivity contribution in [2.24, 2.45) is 0 Å². The van der Waals surface area contributed by atoms with Crippen molar-refractivity contribution >= 4 is 5.91 Å². The second-order valence-electron chi connectivity index (χ2n) is 4.63. The van der Waals surface area contributed by atoms with Crippen molar-refractivity contribution in [3.63, 3.8) is 0 Å². The molecule has 0 aliphatic rings. The molecule has 1 heterocycles. The third-order valence-electron chi connectivity index (χ3n) is 2.83. The van der Waals surface area contributed by atoms with E-state index in [1.807, 2.05) is 13.0 Å². The van der Waals surface area contributed by atoms with Gasteiger partial charge in [-0.2, -0.15) is 9.78 Å². The van der Waals surface area contributed by atoms with Gasteiger partial charge < -0.3 is 10.1 Å². The fraction of sp³-hybridized carbons (Fsp3) is 0.267. The molecule has 1 amide bonds. The average molecular weight is 287 g/mol. The molecule has 0 aliphatic heterocycles. The zero-order valence-corrected chi connectivity index (χ0v) is 11.9. The van der Waals surface area contributed by atoms with Crippen molar-refractivity contribution in [3.05, 3.63) is 58.5 Å². The number of nitrogens with zero attached hydrogens (tertiary/aromatic N) is 2. The summed E-state index contributed by atoms with van der Waals surface area (Å²) < 4.78 is 6.17. The van der Waals surface area contributed by atoms with Gasteiger partial charge in [-0.3, -0.25) is 9.59 Å². The maximum Gasteiger partial charge on any atom is 0.272 e. The van der Waals surface area contributed by atoms with Crippen LogP contribution < -0.4 is 10.9 Å². The van der Waals surface area contributed by atoms with Gasteiger partial charge in [0, 0.05) is 19.2 Å². The van der Waals surface area contributed by atoms with Crippen molar-refractivity contribution in [1.82, 2.24) is 15.1 Å². The number of benzene rings is 1. The maximum atomic E-state index is 12.1. The molecule has 0 spiro atoms. The van der Waals surface area contributed by atoms with Crippen molar-refractivity contribution in [1.29, 1.82) is 0 Å². The third kappa shape index (κ3) is 3.76. The molecule has 1 aromatic carbocycles. The predicted octanol–water partition coefficient (Wildman–Crippen LogP) is 0.997. The Labute approximate surface area is 122 Å². The predicted molar refractivity (Wildman–Crippen MR) is 78.6 cm³/mol. The van der Waals surface area contributed by atoms with Crippen LogP contribution in [-0.4, -0.2) is 35.4 Å². The van der Waals surface area contributed by atoms with E-state index in [1.165, 1.54) is 16.8 Å². The Bertz CT molecular complexity index is 667. The number of hydrogen-bond donors (Lipinski definition) is 1. The highest BCUT2D eigenvalue weighted by Gasteiger charge is 2.13. The molecule has 0 saturated heterocycles. The lowest BCUT2D eigenvalue weighted by molar-refractivity contribution is 0.0899. The minimum Gasteiger partial charge on any atom is -0.383 e. The van der Waals surface area contributed by atoms with Gasteiger partial charge in [0.15, 0.2) is 0 Å². The molecule has 1 atom stereocenters.